The molecule has 0 heterocycles. The Morgan fingerprint density at radius 2 is 1.30 bits per heavy atom. The SMILES string of the molecule is N[C@@H](CC(=O)O)C(=O)N[C@@H](Cc1ccccc1)C(=O)N[C@@H](CCC(=O)O)C(=O)N[C@H](C=O)CCC(=O)O. The minimum absolute atomic E-state index is 0.0684. The van der Waals surface area contributed by atoms with Crippen LogP contribution >= 0.6 is 0 Å². The third kappa shape index (κ3) is 12.3. The fraction of sp³-hybridized carbons (Fsp3) is 0.435. The smallest absolute Gasteiger partial charge is 0.305 e. The van der Waals surface area contributed by atoms with E-state index in [-0.39, 0.29) is 19.3 Å². The first-order chi connectivity index (χ1) is 17.4. The highest BCUT2D eigenvalue weighted by Gasteiger charge is 2.30. The van der Waals surface area contributed by atoms with Gasteiger partial charge in [0.05, 0.1) is 18.5 Å². The molecule has 0 radical (unpaired) electrons. The van der Waals surface area contributed by atoms with Crippen molar-refractivity contribution in [3.8, 4) is 0 Å². The first-order valence-electron chi connectivity index (χ1n) is 11.2. The average molecular weight is 523 g/mol. The Bertz CT molecular complexity index is 985. The van der Waals surface area contributed by atoms with Gasteiger partial charge in [0, 0.05) is 19.3 Å². The molecule has 0 aliphatic rings. The number of hydrogen-bond donors (Lipinski definition) is 7. The summed E-state index contributed by atoms with van der Waals surface area (Å²) < 4.78 is 0. The van der Waals surface area contributed by atoms with Crippen LogP contribution in [0.3, 0.4) is 0 Å². The molecule has 0 unspecified atom stereocenters. The van der Waals surface area contributed by atoms with E-state index in [1.54, 1.807) is 30.3 Å². The number of aldehydes is 1. The summed E-state index contributed by atoms with van der Waals surface area (Å²) in [5.41, 5.74) is 6.19. The van der Waals surface area contributed by atoms with Gasteiger partial charge < -0.3 is 41.8 Å². The van der Waals surface area contributed by atoms with Crippen molar-refractivity contribution < 1.29 is 48.9 Å². The maximum absolute atomic E-state index is 13.1. The lowest BCUT2D eigenvalue weighted by Crippen LogP contribution is -2.57. The van der Waals surface area contributed by atoms with Crippen molar-refractivity contribution in [2.24, 2.45) is 5.73 Å². The monoisotopic (exact) mass is 522 g/mol. The number of carbonyl (C=O) groups excluding carboxylic acids is 4. The molecular weight excluding hydrogens is 492 g/mol. The second kappa shape index (κ2) is 15.6. The van der Waals surface area contributed by atoms with Gasteiger partial charge in [-0.3, -0.25) is 28.8 Å². The maximum Gasteiger partial charge on any atom is 0.305 e. The van der Waals surface area contributed by atoms with Gasteiger partial charge in [-0.15, -0.1) is 0 Å². The molecule has 37 heavy (non-hydrogen) atoms. The van der Waals surface area contributed by atoms with Crippen LogP contribution in [-0.2, 0) is 40.0 Å². The van der Waals surface area contributed by atoms with Crippen molar-refractivity contribution in [1.29, 1.82) is 0 Å². The van der Waals surface area contributed by atoms with Gasteiger partial charge in [-0.05, 0) is 18.4 Å². The highest BCUT2D eigenvalue weighted by molar-refractivity contribution is 5.94. The molecule has 0 aliphatic carbocycles. The minimum Gasteiger partial charge on any atom is -0.481 e. The van der Waals surface area contributed by atoms with Crippen molar-refractivity contribution in [3.63, 3.8) is 0 Å². The van der Waals surface area contributed by atoms with Gasteiger partial charge in [0.25, 0.3) is 0 Å². The van der Waals surface area contributed by atoms with E-state index in [1.807, 2.05) is 0 Å². The normalized spacial score (nSPS) is 13.8. The Hall–Kier alpha value is -4.33. The van der Waals surface area contributed by atoms with E-state index in [9.17, 15) is 33.6 Å². The topological polar surface area (TPSA) is 242 Å². The summed E-state index contributed by atoms with van der Waals surface area (Å²) in [6, 6.07) is 3.00. The zero-order chi connectivity index (χ0) is 28.0. The van der Waals surface area contributed by atoms with Gasteiger partial charge in [0.2, 0.25) is 17.7 Å². The van der Waals surface area contributed by atoms with E-state index in [0.717, 1.165) is 0 Å². The number of hydrogen-bond acceptors (Lipinski definition) is 8. The third-order valence-electron chi connectivity index (χ3n) is 5.09. The van der Waals surface area contributed by atoms with Crippen LogP contribution in [-0.4, -0.2) is 81.4 Å². The number of carboxylic acid groups (broad SMARTS) is 3. The number of carboxylic acids is 3. The Morgan fingerprint density at radius 1 is 0.757 bits per heavy atom. The molecule has 14 heteroatoms. The Morgan fingerprint density at radius 3 is 1.84 bits per heavy atom. The molecule has 0 bridgehead atoms. The fourth-order valence-corrected chi connectivity index (χ4v) is 3.16. The van der Waals surface area contributed by atoms with Gasteiger partial charge in [0.1, 0.15) is 18.4 Å². The second-order valence-corrected chi connectivity index (χ2v) is 8.13. The van der Waals surface area contributed by atoms with E-state index < -0.39 is 79.1 Å². The van der Waals surface area contributed by atoms with E-state index in [2.05, 4.69) is 16.0 Å². The Labute approximate surface area is 211 Å². The molecule has 0 aromatic heterocycles. The lowest BCUT2D eigenvalue weighted by Gasteiger charge is -2.25. The quantitative estimate of drug-likeness (QED) is 0.115. The van der Waals surface area contributed by atoms with E-state index in [0.29, 0.717) is 11.8 Å². The van der Waals surface area contributed by atoms with Crippen LogP contribution in [0.4, 0.5) is 0 Å². The minimum atomic E-state index is -1.46. The summed E-state index contributed by atoms with van der Waals surface area (Å²) in [5, 5.41) is 33.6. The number of nitrogens with two attached hydrogens (primary N) is 1. The molecule has 14 nitrogen and oxygen atoms in total. The molecule has 1 rings (SSSR count). The summed E-state index contributed by atoms with van der Waals surface area (Å²) in [6.07, 6.45) is -1.99. The fourth-order valence-electron chi connectivity index (χ4n) is 3.16. The molecule has 0 aliphatic heterocycles. The highest BCUT2D eigenvalue weighted by Crippen LogP contribution is 2.07. The molecule has 202 valence electrons. The molecule has 0 fully saturated rings. The van der Waals surface area contributed by atoms with Gasteiger partial charge >= 0.3 is 17.9 Å². The molecule has 3 amide bonds. The molecule has 0 spiro atoms. The van der Waals surface area contributed by atoms with Crippen LogP contribution in [0.15, 0.2) is 30.3 Å². The molecular formula is C23H30N4O10. The van der Waals surface area contributed by atoms with Crippen molar-refractivity contribution in [2.75, 3.05) is 0 Å². The number of rotatable bonds is 17. The van der Waals surface area contributed by atoms with Crippen molar-refractivity contribution >= 4 is 41.9 Å². The predicted molar refractivity (Wildman–Crippen MR) is 126 cm³/mol. The number of carbonyl (C=O) groups is 7. The zero-order valence-corrected chi connectivity index (χ0v) is 19.8. The first kappa shape index (κ1) is 30.7. The molecule has 8 N–H and O–H groups in total. The van der Waals surface area contributed by atoms with E-state index >= 15 is 0 Å². The Kier molecular flexibility index (Phi) is 13.0. The van der Waals surface area contributed by atoms with E-state index in [4.69, 9.17) is 21.1 Å². The summed E-state index contributed by atoms with van der Waals surface area (Å²) in [5.74, 6) is -6.54. The van der Waals surface area contributed by atoms with Crippen molar-refractivity contribution in [1.82, 2.24) is 16.0 Å². The lowest BCUT2D eigenvalue weighted by atomic mass is 10.0. The van der Waals surface area contributed by atoms with E-state index in [1.165, 1.54) is 0 Å². The summed E-state index contributed by atoms with van der Waals surface area (Å²) in [7, 11) is 0. The van der Waals surface area contributed by atoms with Gasteiger partial charge in [-0.2, -0.15) is 0 Å². The van der Waals surface area contributed by atoms with Crippen LogP contribution in [0.25, 0.3) is 0 Å². The summed E-state index contributed by atoms with van der Waals surface area (Å²) in [4.78, 5) is 82.2. The van der Waals surface area contributed by atoms with Crippen LogP contribution in [0.2, 0.25) is 0 Å². The molecule has 1 aromatic rings. The van der Waals surface area contributed by atoms with Crippen molar-refractivity contribution in [3.05, 3.63) is 35.9 Å². The zero-order valence-electron chi connectivity index (χ0n) is 19.8. The highest BCUT2D eigenvalue weighted by atomic mass is 16.4. The standard InChI is InChI=1S/C23H30N4O10/c24-15(11-20(33)34)21(35)27-17(10-13-4-2-1-3-5-13)23(37)26-16(7-9-19(31)32)22(36)25-14(12-28)6-8-18(29)30/h1-5,12,14-17H,6-11,24H2,(H,25,36)(H,26,37)(H,27,35)(H,29,30)(H,31,32)(H,33,34)/t14-,15-,16-,17-/m0/s1. The first-order valence-corrected chi connectivity index (χ1v) is 11.2. The number of amides is 3. The predicted octanol–water partition coefficient (Wildman–Crippen LogP) is -1.59. The summed E-state index contributed by atoms with van der Waals surface area (Å²) in [6.45, 7) is 0. The number of nitrogens with one attached hydrogen (secondary N) is 3. The Balaban J connectivity index is 3.09. The number of benzene rings is 1. The van der Waals surface area contributed by atoms with Gasteiger partial charge in [0.15, 0.2) is 0 Å². The molecule has 1 aromatic carbocycles. The average Bonchev–Trinajstić information content (AvgIpc) is 2.83. The number of aliphatic carboxylic acids is 3. The van der Waals surface area contributed by atoms with Gasteiger partial charge in [-0.25, -0.2) is 0 Å². The lowest BCUT2D eigenvalue weighted by molar-refractivity contribution is -0.140. The van der Waals surface area contributed by atoms with Crippen LogP contribution in [0, 0.1) is 0 Å². The van der Waals surface area contributed by atoms with Crippen LogP contribution in [0.5, 0.6) is 0 Å². The summed E-state index contributed by atoms with van der Waals surface area (Å²) >= 11 is 0. The van der Waals surface area contributed by atoms with Crippen molar-refractivity contribution in [2.45, 2.75) is 62.7 Å². The largest absolute Gasteiger partial charge is 0.481 e. The van der Waals surface area contributed by atoms with Crippen LogP contribution < -0.4 is 21.7 Å². The molecule has 0 saturated carbocycles. The van der Waals surface area contributed by atoms with Gasteiger partial charge in [-0.1, -0.05) is 30.3 Å². The second-order valence-electron chi connectivity index (χ2n) is 8.13. The maximum atomic E-state index is 13.1. The third-order valence-corrected chi connectivity index (χ3v) is 5.09. The van der Waals surface area contributed by atoms with Crippen LogP contribution in [0.1, 0.15) is 37.7 Å². The molecule has 0 saturated heterocycles. The molecule has 4 atom stereocenters.